The Hall–Kier alpha value is -1.40. The summed E-state index contributed by atoms with van der Waals surface area (Å²) in [5.74, 6) is -1.17. The molecule has 1 aromatic rings. The maximum atomic E-state index is 12.3. The van der Waals surface area contributed by atoms with Crippen LogP contribution in [0.3, 0.4) is 0 Å². The van der Waals surface area contributed by atoms with Gasteiger partial charge < -0.3 is 14.7 Å². The van der Waals surface area contributed by atoms with Crippen LogP contribution in [0, 0.1) is 0 Å². The smallest absolute Gasteiger partial charge is 0.323 e. The van der Waals surface area contributed by atoms with Crippen molar-refractivity contribution in [2.24, 2.45) is 0 Å². The van der Waals surface area contributed by atoms with Gasteiger partial charge in [0.1, 0.15) is 6.54 Å². The van der Waals surface area contributed by atoms with Gasteiger partial charge in [0, 0.05) is 17.8 Å². The molecule has 0 bridgehead atoms. The van der Waals surface area contributed by atoms with Crippen LogP contribution >= 0.6 is 11.3 Å². The summed E-state index contributed by atoms with van der Waals surface area (Å²) in [7, 11) is 0. The molecule has 104 valence electrons. The van der Waals surface area contributed by atoms with Gasteiger partial charge in [-0.15, -0.1) is 11.3 Å². The molecule has 2 rings (SSSR count). The summed E-state index contributed by atoms with van der Waals surface area (Å²) < 4.78 is 5.35. The van der Waals surface area contributed by atoms with E-state index in [4.69, 9.17) is 9.84 Å². The Morgan fingerprint density at radius 1 is 1.53 bits per heavy atom. The number of carboxylic acids is 1. The predicted octanol–water partition coefficient (Wildman–Crippen LogP) is 1.76. The van der Waals surface area contributed by atoms with Crippen molar-refractivity contribution in [1.29, 1.82) is 0 Å². The van der Waals surface area contributed by atoms with Crippen molar-refractivity contribution in [2.45, 2.75) is 26.4 Å². The highest BCUT2D eigenvalue weighted by atomic mass is 32.1. The summed E-state index contributed by atoms with van der Waals surface area (Å²) in [6.07, 6.45) is 1.58. The van der Waals surface area contributed by atoms with Gasteiger partial charge >= 0.3 is 5.97 Å². The number of ether oxygens (including phenoxy) is 1. The van der Waals surface area contributed by atoms with Crippen molar-refractivity contribution >= 4 is 23.2 Å². The lowest BCUT2D eigenvalue weighted by atomic mass is 10.2. The Kier molecular flexibility index (Phi) is 4.55. The number of aliphatic carboxylic acids is 1. The van der Waals surface area contributed by atoms with E-state index in [0.29, 0.717) is 24.6 Å². The highest BCUT2D eigenvalue weighted by Gasteiger charge is 2.22. The number of rotatable bonds is 5. The first kappa shape index (κ1) is 14.0. The molecule has 0 aromatic carbocycles. The highest BCUT2D eigenvalue weighted by Crippen LogP contribution is 2.27. The number of hydrogen-bond acceptors (Lipinski definition) is 4. The second-order valence-electron chi connectivity index (χ2n) is 4.48. The number of fused-ring (bicyclic) bond motifs is 1. The number of hydrogen-bond donors (Lipinski definition) is 1. The van der Waals surface area contributed by atoms with E-state index >= 15 is 0 Å². The Morgan fingerprint density at radius 2 is 2.32 bits per heavy atom. The summed E-state index contributed by atoms with van der Waals surface area (Å²) in [6.45, 7) is 3.38. The Labute approximate surface area is 115 Å². The Bertz CT molecular complexity index is 459. The fourth-order valence-electron chi connectivity index (χ4n) is 2.09. The van der Waals surface area contributed by atoms with Crippen molar-refractivity contribution in [3.63, 3.8) is 0 Å². The van der Waals surface area contributed by atoms with E-state index in [0.717, 1.165) is 18.4 Å². The van der Waals surface area contributed by atoms with Gasteiger partial charge in [-0.05, 0) is 18.1 Å². The molecule has 6 heteroatoms. The van der Waals surface area contributed by atoms with Crippen LogP contribution in [0.4, 0.5) is 0 Å². The molecule has 1 aromatic heterocycles. The normalized spacial score (nSPS) is 13.9. The van der Waals surface area contributed by atoms with E-state index in [-0.39, 0.29) is 12.5 Å². The van der Waals surface area contributed by atoms with Crippen molar-refractivity contribution in [3.8, 4) is 0 Å². The Morgan fingerprint density at radius 3 is 2.95 bits per heavy atom. The average Bonchev–Trinajstić information content (AvgIpc) is 2.80. The second kappa shape index (κ2) is 6.16. The lowest BCUT2D eigenvalue weighted by Crippen LogP contribution is -2.35. The van der Waals surface area contributed by atoms with E-state index < -0.39 is 5.97 Å². The van der Waals surface area contributed by atoms with Gasteiger partial charge in [-0.1, -0.05) is 6.92 Å². The van der Waals surface area contributed by atoms with Crippen molar-refractivity contribution in [2.75, 3.05) is 19.7 Å². The molecule has 0 spiro atoms. The van der Waals surface area contributed by atoms with Crippen LogP contribution in [0.2, 0.25) is 0 Å². The number of thiophene rings is 1. The molecule has 2 heterocycles. The SMILES string of the molecule is CCCN(CC(=O)O)C(=O)c1cc2c(s1)CCOC2. The van der Waals surface area contributed by atoms with E-state index in [1.165, 1.54) is 21.1 Å². The zero-order valence-corrected chi connectivity index (χ0v) is 11.7. The molecular formula is C13H17NO4S. The van der Waals surface area contributed by atoms with Crippen LogP contribution in [0.1, 0.15) is 33.5 Å². The minimum atomic E-state index is -0.980. The molecule has 0 fully saturated rings. The number of carboxylic acid groups (broad SMARTS) is 1. The molecule has 1 N–H and O–H groups in total. The third-order valence-corrected chi connectivity index (χ3v) is 4.17. The number of amides is 1. The molecule has 0 aliphatic carbocycles. The van der Waals surface area contributed by atoms with Crippen LogP contribution in [0.15, 0.2) is 6.07 Å². The first-order valence-electron chi connectivity index (χ1n) is 6.32. The molecule has 1 aliphatic heterocycles. The molecule has 1 amide bonds. The first-order valence-corrected chi connectivity index (χ1v) is 7.14. The first-order chi connectivity index (χ1) is 9.11. The van der Waals surface area contributed by atoms with Crippen LogP contribution in [0.5, 0.6) is 0 Å². The minimum absolute atomic E-state index is 0.191. The van der Waals surface area contributed by atoms with E-state index in [2.05, 4.69) is 0 Å². The van der Waals surface area contributed by atoms with Crippen LogP contribution in [0.25, 0.3) is 0 Å². The third kappa shape index (κ3) is 3.33. The van der Waals surface area contributed by atoms with Crippen LogP contribution < -0.4 is 0 Å². The monoisotopic (exact) mass is 283 g/mol. The number of nitrogens with zero attached hydrogens (tertiary/aromatic N) is 1. The molecule has 1 aliphatic rings. The standard InChI is InChI=1S/C13H17NO4S/c1-2-4-14(7-12(15)16)13(17)11-6-9-8-18-5-3-10(9)19-11/h6H,2-5,7-8H2,1H3,(H,15,16). The van der Waals surface area contributed by atoms with Gasteiger partial charge in [-0.3, -0.25) is 9.59 Å². The van der Waals surface area contributed by atoms with Crippen molar-refractivity contribution in [3.05, 3.63) is 21.4 Å². The Balaban J connectivity index is 2.16. The molecule has 0 saturated carbocycles. The molecule has 19 heavy (non-hydrogen) atoms. The van der Waals surface area contributed by atoms with Gasteiger partial charge in [0.15, 0.2) is 0 Å². The summed E-state index contributed by atoms with van der Waals surface area (Å²) >= 11 is 1.46. The largest absolute Gasteiger partial charge is 0.480 e. The topological polar surface area (TPSA) is 66.8 Å². The fraction of sp³-hybridized carbons (Fsp3) is 0.538. The van der Waals surface area contributed by atoms with Crippen molar-refractivity contribution < 1.29 is 19.4 Å². The molecule has 0 radical (unpaired) electrons. The van der Waals surface area contributed by atoms with Gasteiger partial charge in [0.25, 0.3) is 5.91 Å². The van der Waals surface area contributed by atoms with E-state index in [1.54, 1.807) is 0 Å². The predicted molar refractivity (Wildman–Crippen MR) is 71.5 cm³/mol. The maximum absolute atomic E-state index is 12.3. The maximum Gasteiger partial charge on any atom is 0.323 e. The van der Waals surface area contributed by atoms with Gasteiger partial charge in [-0.2, -0.15) is 0 Å². The van der Waals surface area contributed by atoms with E-state index in [9.17, 15) is 9.59 Å². The van der Waals surface area contributed by atoms with E-state index in [1.807, 2.05) is 13.0 Å². The lowest BCUT2D eigenvalue weighted by molar-refractivity contribution is -0.137. The summed E-state index contributed by atoms with van der Waals surface area (Å²) in [6, 6.07) is 1.84. The highest BCUT2D eigenvalue weighted by molar-refractivity contribution is 7.14. The quantitative estimate of drug-likeness (QED) is 0.894. The number of carbonyl (C=O) groups is 2. The summed E-state index contributed by atoms with van der Waals surface area (Å²) in [5, 5.41) is 8.86. The van der Waals surface area contributed by atoms with Crippen LogP contribution in [-0.2, 0) is 22.6 Å². The van der Waals surface area contributed by atoms with Crippen LogP contribution in [-0.4, -0.2) is 41.6 Å². The minimum Gasteiger partial charge on any atom is -0.480 e. The second-order valence-corrected chi connectivity index (χ2v) is 5.62. The fourth-order valence-corrected chi connectivity index (χ4v) is 3.21. The molecule has 0 saturated heterocycles. The molecular weight excluding hydrogens is 266 g/mol. The summed E-state index contributed by atoms with van der Waals surface area (Å²) in [4.78, 5) is 26.3. The van der Waals surface area contributed by atoms with Gasteiger partial charge in [0.2, 0.25) is 0 Å². The van der Waals surface area contributed by atoms with Gasteiger partial charge in [-0.25, -0.2) is 0 Å². The summed E-state index contributed by atoms with van der Waals surface area (Å²) in [5.41, 5.74) is 1.06. The molecule has 0 atom stereocenters. The van der Waals surface area contributed by atoms with Gasteiger partial charge in [0.05, 0.1) is 18.1 Å². The van der Waals surface area contributed by atoms with Crippen molar-refractivity contribution in [1.82, 2.24) is 4.90 Å². The zero-order chi connectivity index (χ0) is 13.8. The number of carbonyl (C=O) groups excluding carboxylic acids is 1. The average molecular weight is 283 g/mol. The zero-order valence-electron chi connectivity index (χ0n) is 10.8. The lowest BCUT2D eigenvalue weighted by Gasteiger charge is -2.18. The molecule has 5 nitrogen and oxygen atoms in total. The third-order valence-electron chi connectivity index (χ3n) is 2.95. The molecule has 0 unspecified atom stereocenters.